The van der Waals surface area contributed by atoms with E-state index in [-0.39, 0.29) is 31.1 Å². The normalized spacial score (nSPS) is 12.4. The van der Waals surface area contributed by atoms with Crippen molar-refractivity contribution in [3.8, 4) is 0 Å². The first-order chi connectivity index (χ1) is 30.4. The Morgan fingerprint density at radius 1 is 0.323 bits per heavy atom. The van der Waals surface area contributed by atoms with Crippen LogP contribution >= 0.6 is 0 Å². The van der Waals surface area contributed by atoms with Gasteiger partial charge in [0.1, 0.15) is 13.2 Å². The first-order valence-corrected chi connectivity index (χ1v) is 27.9. The van der Waals surface area contributed by atoms with E-state index in [4.69, 9.17) is 14.2 Å². The van der Waals surface area contributed by atoms with Crippen LogP contribution in [0.15, 0.2) is 0 Å². The molecule has 6 nitrogen and oxygen atoms in total. The average Bonchev–Trinajstić information content (AvgIpc) is 3.27. The lowest BCUT2D eigenvalue weighted by Gasteiger charge is -2.18. The SMILES string of the molecule is CCCCCCCCCCCCCCC(=O)O[C@H](COC(=O)CCCCCCCCCCCC)COC(=O)CCCCCCCCCCCCCCCCCCCCC(C)CC. The highest BCUT2D eigenvalue weighted by Gasteiger charge is 2.19. The molecule has 0 heterocycles. The van der Waals surface area contributed by atoms with Crippen LogP contribution in [0.25, 0.3) is 0 Å². The molecule has 0 aromatic rings. The molecule has 0 aromatic carbocycles. The molecule has 0 aliphatic carbocycles. The lowest BCUT2D eigenvalue weighted by atomic mass is 9.99. The summed E-state index contributed by atoms with van der Waals surface area (Å²) in [6.07, 6.45) is 53.8. The van der Waals surface area contributed by atoms with Crippen LogP contribution in [-0.2, 0) is 28.6 Å². The fourth-order valence-electron chi connectivity index (χ4n) is 8.54. The van der Waals surface area contributed by atoms with Crippen molar-refractivity contribution in [3.63, 3.8) is 0 Å². The van der Waals surface area contributed by atoms with Gasteiger partial charge in [0.15, 0.2) is 6.10 Å². The van der Waals surface area contributed by atoms with Gasteiger partial charge in [-0.25, -0.2) is 0 Å². The predicted octanol–water partition coefficient (Wildman–Crippen LogP) is 18.2. The third-order valence-corrected chi connectivity index (χ3v) is 13.2. The number of esters is 3. The van der Waals surface area contributed by atoms with Gasteiger partial charge in [0, 0.05) is 19.3 Å². The van der Waals surface area contributed by atoms with E-state index in [0.29, 0.717) is 19.3 Å². The number of carbonyl (C=O) groups excluding carboxylic acids is 3. The number of unbranched alkanes of at least 4 members (excludes halogenated alkanes) is 37. The van der Waals surface area contributed by atoms with Crippen molar-refractivity contribution in [2.45, 2.75) is 323 Å². The highest BCUT2D eigenvalue weighted by atomic mass is 16.6. The lowest BCUT2D eigenvalue weighted by molar-refractivity contribution is -0.167. The molecule has 6 heteroatoms. The number of hydrogen-bond donors (Lipinski definition) is 0. The van der Waals surface area contributed by atoms with Gasteiger partial charge in [-0.1, -0.05) is 278 Å². The summed E-state index contributed by atoms with van der Waals surface area (Å²) < 4.78 is 16.8. The second-order valence-corrected chi connectivity index (χ2v) is 19.5. The van der Waals surface area contributed by atoms with Crippen LogP contribution in [-0.4, -0.2) is 37.2 Å². The summed E-state index contributed by atoms with van der Waals surface area (Å²) >= 11 is 0. The molecule has 0 rings (SSSR count). The van der Waals surface area contributed by atoms with Crippen LogP contribution in [0.5, 0.6) is 0 Å². The summed E-state index contributed by atoms with van der Waals surface area (Å²) in [5.41, 5.74) is 0. The van der Waals surface area contributed by atoms with E-state index in [9.17, 15) is 14.4 Å². The molecule has 0 saturated carbocycles. The Labute approximate surface area is 387 Å². The third-order valence-electron chi connectivity index (χ3n) is 13.2. The van der Waals surface area contributed by atoms with E-state index in [1.54, 1.807) is 0 Å². The molecule has 0 bridgehead atoms. The Kier molecular flexibility index (Phi) is 49.1. The Hall–Kier alpha value is -1.59. The molecule has 0 amide bonds. The van der Waals surface area contributed by atoms with Crippen LogP contribution in [0.3, 0.4) is 0 Å². The van der Waals surface area contributed by atoms with E-state index in [1.807, 2.05) is 0 Å². The maximum Gasteiger partial charge on any atom is 0.306 e. The van der Waals surface area contributed by atoms with Gasteiger partial charge in [-0.05, 0) is 25.2 Å². The maximum atomic E-state index is 12.8. The number of hydrogen-bond acceptors (Lipinski definition) is 6. The largest absolute Gasteiger partial charge is 0.462 e. The second kappa shape index (κ2) is 50.4. The number of ether oxygens (including phenoxy) is 3. The standard InChI is InChI=1S/C56H108O6/c1-5-8-10-12-14-16-18-28-33-37-41-45-49-56(59)62-53(50-60-54(57)47-43-39-35-31-17-15-13-11-9-6-2)51-61-55(58)48-44-40-36-32-29-26-24-22-20-19-21-23-25-27-30-34-38-42-46-52(4)7-3/h52-53H,5-51H2,1-4H3/t52?,53-/m1/s1. The molecular weight excluding hydrogens is 769 g/mol. The molecule has 0 aliphatic heterocycles. The van der Waals surface area contributed by atoms with E-state index in [2.05, 4.69) is 27.7 Å². The first kappa shape index (κ1) is 60.4. The number of carbonyl (C=O) groups is 3. The van der Waals surface area contributed by atoms with Gasteiger partial charge in [0.05, 0.1) is 0 Å². The maximum absolute atomic E-state index is 12.8. The molecule has 0 aliphatic rings. The van der Waals surface area contributed by atoms with Crippen molar-refractivity contribution in [2.75, 3.05) is 13.2 Å². The molecule has 0 aromatic heterocycles. The molecule has 0 spiro atoms. The topological polar surface area (TPSA) is 78.9 Å². The van der Waals surface area contributed by atoms with Crippen molar-refractivity contribution in [1.82, 2.24) is 0 Å². The van der Waals surface area contributed by atoms with Gasteiger partial charge < -0.3 is 14.2 Å². The van der Waals surface area contributed by atoms with Crippen LogP contribution in [0.4, 0.5) is 0 Å². The van der Waals surface area contributed by atoms with Crippen molar-refractivity contribution >= 4 is 17.9 Å². The molecule has 0 radical (unpaired) electrons. The van der Waals surface area contributed by atoms with E-state index < -0.39 is 6.10 Å². The fraction of sp³-hybridized carbons (Fsp3) is 0.946. The monoisotopic (exact) mass is 877 g/mol. The van der Waals surface area contributed by atoms with Gasteiger partial charge in [-0.15, -0.1) is 0 Å². The zero-order valence-electron chi connectivity index (χ0n) is 42.3. The highest BCUT2D eigenvalue weighted by Crippen LogP contribution is 2.18. The van der Waals surface area contributed by atoms with Crippen LogP contribution < -0.4 is 0 Å². The quantitative estimate of drug-likeness (QED) is 0.0344. The van der Waals surface area contributed by atoms with Gasteiger partial charge in [0.25, 0.3) is 0 Å². The van der Waals surface area contributed by atoms with E-state index >= 15 is 0 Å². The second-order valence-electron chi connectivity index (χ2n) is 19.5. The zero-order valence-corrected chi connectivity index (χ0v) is 42.3. The first-order valence-electron chi connectivity index (χ1n) is 27.9. The summed E-state index contributed by atoms with van der Waals surface area (Å²) in [7, 11) is 0. The molecule has 0 N–H and O–H groups in total. The summed E-state index contributed by atoms with van der Waals surface area (Å²) in [6, 6.07) is 0. The minimum absolute atomic E-state index is 0.0622. The zero-order chi connectivity index (χ0) is 45.2. The van der Waals surface area contributed by atoms with Gasteiger partial charge in [-0.3, -0.25) is 14.4 Å². The predicted molar refractivity (Wildman–Crippen MR) is 266 cm³/mol. The average molecular weight is 877 g/mol. The van der Waals surface area contributed by atoms with Crippen molar-refractivity contribution < 1.29 is 28.6 Å². The van der Waals surface area contributed by atoms with Gasteiger partial charge in [-0.2, -0.15) is 0 Å². The summed E-state index contributed by atoms with van der Waals surface area (Å²) in [5.74, 6) is 0.0685. The molecule has 2 atom stereocenters. The Morgan fingerprint density at radius 3 is 0.839 bits per heavy atom. The Morgan fingerprint density at radius 2 is 0.565 bits per heavy atom. The summed E-state index contributed by atoms with van der Waals surface area (Å²) in [6.45, 7) is 9.08. The lowest BCUT2D eigenvalue weighted by Crippen LogP contribution is -2.30. The van der Waals surface area contributed by atoms with Crippen LogP contribution in [0.1, 0.15) is 317 Å². The van der Waals surface area contributed by atoms with Crippen molar-refractivity contribution in [1.29, 1.82) is 0 Å². The highest BCUT2D eigenvalue weighted by molar-refractivity contribution is 5.71. The summed E-state index contributed by atoms with van der Waals surface area (Å²) in [4.78, 5) is 37.9. The van der Waals surface area contributed by atoms with Crippen molar-refractivity contribution in [3.05, 3.63) is 0 Å². The molecule has 0 fully saturated rings. The van der Waals surface area contributed by atoms with Gasteiger partial charge >= 0.3 is 17.9 Å². The summed E-state index contributed by atoms with van der Waals surface area (Å²) in [5, 5.41) is 0. The van der Waals surface area contributed by atoms with E-state index in [1.165, 1.54) is 212 Å². The van der Waals surface area contributed by atoms with Crippen LogP contribution in [0.2, 0.25) is 0 Å². The molecule has 1 unspecified atom stereocenters. The minimum Gasteiger partial charge on any atom is -0.462 e. The smallest absolute Gasteiger partial charge is 0.306 e. The fourth-order valence-corrected chi connectivity index (χ4v) is 8.54. The number of rotatable bonds is 51. The Bertz CT molecular complexity index is 935. The molecule has 368 valence electrons. The molecule has 62 heavy (non-hydrogen) atoms. The Balaban J connectivity index is 4.17. The van der Waals surface area contributed by atoms with Crippen molar-refractivity contribution in [2.24, 2.45) is 5.92 Å². The third kappa shape index (κ3) is 47.9. The van der Waals surface area contributed by atoms with Crippen LogP contribution in [0, 0.1) is 5.92 Å². The molecular formula is C56H108O6. The van der Waals surface area contributed by atoms with Gasteiger partial charge in [0.2, 0.25) is 0 Å². The molecule has 0 saturated heterocycles. The van der Waals surface area contributed by atoms with E-state index in [0.717, 1.165) is 63.7 Å². The minimum atomic E-state index is -0.760.